The second kappa shape index (κ2) is 6.80. The van der Waals surface area contributed by atoms with Crippen molar-refractivity contribution in [2.75, 3.05) is 32.9 Å². The first kappa shape index (κ1) is 16.7. The van der Waals surface area contributed by atoms with E-state index in [9.17, 15) is 10.2 Å². The number of aliphatic hydroxyl groups excluding tert-OH is 2. The Kier molecular flexibility index (Phi) is 4.95. The zero-order valence-electron chi connectivity index (χ0n) is 14.2. The summed E-state index contributed by atoms with van der Waals surface area (Å²) in [6.07, 6.45) is 1.07. The summed E-state index contributed by atoms with van der Waals surface area (Å²) in [7, 11) is 0. The molecule has 23 heavy (non-hydrogen) atoms. The predicted octanol–water partition coefficient (Wildman–Crippen LogP) is 2.14. The lowest BCUT2D eigenvalue weighted by Crippen LogP contribution is -2.31. The van der Waals surface area contributed by atoms with E-state index in [0.717, 1.165) is 38.4 Å². The maximum Gasteiger partial charge on any atom is 0.119 e. The van der Waals surface area contributed by atoms with Crippen LogP contribution in [0.15, 0.2) is 24.3 Å². The van der Waals surface area contributed by atoms with Crippen LogP contribution in [-0.2, 0) is 6.54 Å². The van der Waals surface area contributed by atoms with Gasteiger partial charge in [-0.25, -0.2) is 0 Å². The standard InChI is InChI=1S/C19H29NO3/c1-14(2)6-7-23-16-5-3-4-15(8-16)9-20-10-17-18(11-20)19(17,12-21)13-22/h3-5,8,14,17-18,21-22H,6-7,9-13H2,1-2H3. The third-order valence-corrected chi connectivity index (χ3v) is 5.62. The van der Waals surface area contributed by atoms with Crippen molar-refractivity contribution in [2.45, 2.75) is 26.8 Å². The van der Waals surface area contributed by atoms with Crippen molar-refractivity contribution in [2.24, 2.45) is 23.2 Å². The van der Waals surface area contributed by atoms with Crippen molar-refractivity contribution in [3.8, 4) is 5.75 Å². The molecule has 3 rings (SSSR count). The van der Waals surface area contributed by atoms with Crippen LogP contribution in [0.2, 0.25) is 0 Å². The molecule has 4 heteroatoms. The molecule has 1 saturated heterocycles. The van der Waals surface area contributed by atoms with Gasteiger partial charge in [0.05, 0.1) is 19.8 Å². The Labute approximate surface area is 139 Å². The molecule has 1 aromatic rings. The van der Waals surface area contributed by atoms with Gasteiger partial charge in [0.2, 0.25) is 0 Å². The molecule has 1 aliphatic carbocycles. The molecule has 1 aromatic carbocycles. The molecule has 128 valence electrons. The molecule has 1 heterocycles. The van der Waals surface area contributed by atoms with Gasteiger partial charge in [-0.3, -0.25) is 4.90 Å². The largest absolute Gasteiger partial charge is 0.494 e. The van der Waals surface area contributed by atoms with Gasteiger partial charge < -0.3 is 14.9 Å². The van der Waals surface area contributed by atoms with E-state index < -0.39 is 0 Å². The Morgan fingerprint density at radius 3 is 2.52 bits per heavy atom. The first-order valence-corrected chi connectivity index (χ1v) is 8.75. The summed E-state index contributed by atoms with van der Waals surface area (Å²) in [5.74, 6) is 2.53. The van der Waals surface area contributed by atoms with Gasteiger partial charge in [0.1, 0.15) is 5.75 Å². The van der Waals surface area contributed by atoms with Gasteiger partial charge in [-0.15, -0.1) is 0 Å². The van der Waals surface area contributed by atoms with Crippen molar-refractivity contribution < 1.29 is 14.9 Å². The van der Waals surface area contributed by atoms with Gasteiger partial charge >= 0.3 is 0 Å². The van der Waals surface area contributed by atoms with Crippen molar-refractivity contribution in [3.63, 3.8) is 0 Å². The second-order valence-corrected chi connectivity index (χ2v) is 7.63. The quantitative estimate of drug-likeness (QED) is 0.771. The lowest BCUT2D eigenvalue weighted by atomic mass is 10.0. The summed E-state index contributed by atoms with van der Waals surface area (Å²) in [6.45, 7) is 8.28. The van der Waals surface area contributed by atoms with Crippen LogP contribution in [0.25, 0.3) is 0 Å². The van der Waals surface area contributed by atoms with E-state index in [1.165, 1.54) is 5.56 Å². The van der Waals surface area contributed by atoms with Gasteiger partial charge in [0.15, 0.2) is 0 Å². The van der Waals surface area contributed by atoms with Crippen LogP contribution in [0.5, 0.6) is 5.75 Å². The molecule has 1 saturated carbocycles. The van der Waals surface area contributed by atoms with E-state index in [0.29, 0.717) is 17.8 Å². The van der Waals surface area contributed by atoms with Gasteiger partial charge in [0.25, 0.3) is 0 Å². The maximum absolute atomic E-state index is 9.50. The second-order valence-electron chi connectivity index (χ2n) is 7.63. The molecule has 0 amide bonds. The lowest BCUT2D eigenvalue weighted by molar-refractivity contribution is 0.0868. The fraction of sp³-hybridized carbons (Fsp3) is 0.684. The fourth-order valence-electron chi connectivity index (χ4n) is 3.97. The van der Waals surface area contributed by atoms with Crippen molar-refractivity contribution in [1.82, 2.24) is 4.90 Å². The Balaban J connectivity index is 1.50. The molecule has 2 aliphatic rings. The highest BCUT2D eigenvalue weighted by atomic mass is 16.5. The van der Waals surface area contributed by atoms with E-state index in [1.807, 2.05) is 6.07 Å². The third kappa shape index (κ3) is 3.39. The summed E-state index contributed by atoms with van der Waals surface area (Å²) in [6, 6.07) is 8.36. The molecular weight excluding hydrogens is 290 g/mol. The number of hydrogen-bond acceptors (Lipinski definition) is 4. The molecule has 0 bridgehead atoms. The Hall–Kier alpha value is -1.10. The Morgan fingerprint density at radius 2 is 1.91 bits per heavy atom. The number of hydrogen-bond donors (Lipinski definition) is 2. The highest BCUT2D eigenvalue weighted by Crippen LogP contribution is 2.62. The van der Waals surface area contributed by atoms with E-state index in [-0.39, 0.29) is 18.6 Å². The first-order chi connectivity index (χ1) is 11.1. The number of likely N-dealkylation sites (tertiary alicyclic amines) is 1. The lowest BCUT2D eigenvalue weighted by Gasteiger charge is -2.24. The number of fused-ring (bicyclic) bond motifs is 1. The summed E-state index contributed by atoms with van der Waals surface area (Å²) >= 11 is 0. The zero-order valence-corrected chi connectivity index (χ0v) is 14.2. The number of aliphatic hydroxyl groups is 2. The van der Waals surface area contributed by atoms with Crippen LogP contribution >= 0.6 is 0 Å². The summed E-state index contributed by atoms with van der Waals surface area (Å²) in [5.41, 5.74) is 1.07. The topological polar surface area (TPSA) is 52.9 Å². The van der Waals surface area contributed by atoms with Crippen molar-refractivity contribution in [1.29, 1.82) is 0 Å². The zero-order chi connectivity index (χ0) is 16.4. The van der Waals surface area contributed by atoms with Crippen molar-refractivity contribution >= 4 is 0 Å². The predicted molar refractivity (Wildman–Crippen MR) is 90.3 cm³/mol. The van der Waals surface area contributed by atoms with E-state index in [2.05, 4.69) is 36.9 Å². The van der Waals surface area contributed by atoms with Gasteiger partial charge in [-0.1, -0.05) is 26.0 Å². The molecule has 0 spiro atoms. The Morgan fingerprint density at radius 1 is 1.22 bits per heavy atom. The highest BCUT2D eigenvalue weighted by Gasteiger charge is 2.67. The molecule has 2 atom stereocenters. The number of benzene rings is 1. The van der Waals surface area contributed by atoms with Gasteiger partial charge in [-0.05, 0) is 41.9 Å². The summed E-state index contributed by atoms with van der Waals surface area (Å²) in [5, 5.41) is 19.0. The first-order valence-electron chi connectivity index (χ1n) is 8.75. The molecule has 0 radical (unpaired) electrons. The minimum Gasteiger partial charge on any atom is -0.494 e. The van der Waals surface area contributed by atoms with E-state index in [4.69, 9.17) is 4.74 Å². The van der Waals surface area contributed by atoms with Crippen LogP contribution < -0.4 is 4.74 Å². The molecule has 2 N–H and O–H groups in total. The third-order valence-electron chi connectivity index (χ3n) is 5.62. The number of rotatable bonds is 8. The van der Waals surface area contributed by atoms with E-state index in [1.54, 1.807) is 0 Å². The maximum atomic E-state index is 9.50. The van der Waals surface area contributed by atoms with Crippen molar-refractivity contribution in [3.05, 3.63) is 29.8 Å². The molecule has 0 aromatic heterocycles. The van der Waals surface area contributed by atoms with Crippen LogP contribution in [0.1, 0.15) is 25.8 Å². The van der Waals surface area contributed by atoms with Gasteiger partial charge in [-0.2, -0.15) is 0 Å². The molecule has 2 fully saturated rings. The molecule has 2 unspecified atom stereocenters. The minimum absolute atomic E-state index is 0.117. The van der Waals surface area contributed by atoms with Crippen LogP contribution in [-0.4, -0.2) is 48.0 Å². The van der Waals surface area contributed by atoms with Crippen LogP contribution in [0, 0.1) is 23.2 Å². The molecule has 1 aliphatic heterocycles. The highest BCUT2D eigenvalue weighted by molar-refractivity contribution is 5.29. The fourth-order valence-corrected chi connectivity index (χ4v) is 3.97. The number of nitrogens with zero attached hydrogens (tertiary/aromatic N) is 1. The minimum atomic E-state index is -0.196. The van der Waals surface area contributed by atoms with Gasteiger partial charge in [0, 0.05) is 25.0 Å². The summed E-state index contributed by atoms with van der Waals surface area (Å²) < 4.78 is 5.84. The SMILES string of the molecule is CC(C)CCOc1cccc(CN2CC3C(C2)C3(CO)CO)c1. The average Bonchev–Trinajstić information content (AvgIpc) is 2.89. The molecule has 4 nitrogen and oxygen atoms in total. The summed E-state index contributed by atoms with van der Waals surface area (Å²) in [4.78, 5) is 2.42. The normalized spacial score (nSPS) is 25.6. The Bertz CT molecular complexity index is 513. The average molecular weight is 319 g/mol. The monoisotopic (exact) mass is 319 g/mol. The van der Waals surface area contributed by atoms with E-state index >= 15 is 0 Å². The number of ether oxygens (including phenoxy) is 1. The molecular formula is C19H29NO3. The smallest absolute Gasteiger partial charge is 0.119 e. The number of piperidine rings is 1. The van der Waals surface area contributed by atoms with Crippen LogP contribution in [0.4, 0.5) is 0 Å². The van der Waals surface area contributed by atoms with Crippen LogP contribution in [0.3, 0.4) is 0 Å².